The Hall–Kier alpha value is -1.09. The molecule has 3 nitrogen and oxygen atoms in total. The molecule has 2 rings (SSSR count). The molecular formula is C12H14ClNO2. The van der Waals surface area contributed by atoms with Crippen LogP contribution in [0.5, 0.6) is 0 Å². The highest BCUT2D eigenvalue weighted by Gasteiger charge is 2.47. The number of nitro groups is 1. The van der Waals surface area contributed by atoms with E-state index in [0.29, 0.717) is 0 Å². The van der Waals surface area contributed by atoms with Crippen LogP contribution in [0.3, 0.4) is 0 Å². The van der Waals surface area contributed by atoms with Crippen molar-refractivity contribution in [2.45, 2.75) is 31.6 Å². The van der Waals surface area contributed by atoms with Crippen molar-refractivity contribution in [2.75, 3.05) is 0 Å². The maximum atomic E-state index is 10.9. The van der Waals surface area contributed by atoms with Gasteiger partial charge in [0.25, 0.3) is 5.69 Å². The molecule has 0 aromatic heterocycles. The molecule has 1 unspecified atom stereocenters. The van der Waals surface area contributed by atoms with Crippen LogP contribution in [0.4, 0.5) is 5.69 Å². The van der Waals surface area contributed by atoms with Gasteiger partial charge in [0.1, 0.15) is 0 Å². The summed E-state index contributed by atoms with van der Waals surface area (Å²) in [4.78, 5) is 10.6. The van der Waals surface area contributed by atoms with E-state index in [9.17, 15) is 10.1 Å². The molecule has 0 aliphatic heterocycles. The van der Waals surface area contributed by atoms with Crippen molar-refractivity contribution in [3.8, 4) is 0 Å². The van der Waals surface area contributed by atoms with Crippen molar-refractivity contribution < 1.29 is 4.92 Å². The number of hydrogen-bond donors (Lipinski definition) is 0. The molecule has 1 aliphatic rings. The highest BCUT2D eigenvalue weighted by Crippen LogP contribution is 2.53. The fourth-order valence-electron chi connectivity index (χ4n) is 2.09. The third-order valence-electron chi connectivity index (χ3n) is 3.47. The van der Waals surface area contributed by atoms with Crippen molar-refractivity contribution >= 4 is 17.3 Å². The third-order valence-corrected chi connectivity index (χ3v) is 3.93. The Kier molecular flexibility index (Phi) is 2.89. The molecule has 4 heteroatoms. The number of rotatable bonds is 4. The van der Waals surface area contributed by atoms with E-state index >= 15 is 0 Å². The number of hydrogen-bond acceptors (Lipinski definition) is 2. The Labute approximate surface area is 99.6 Å². The molecule has 16 heavy (non-hydrogen) atoms. The minimum absolute atomic E-state index is 0.0762. The van der Waals surface area contributed by atoms with Gasteiger partial charge in [0.2, 0.25) is 0 Å². The van der Waals surface area contributed by atoms with Crippen molar-refractivity contribution in [2.24, 2.45) is 5.41 Å². The molecule has 1 saturated carbocycles. The lowest BCUT2D eigenvalue weighted by molar-refractivity contribution is -0.385. The summed E-state index contributed by atoms with van der Waals surface area (Å²) in [7, 11) is 0. The van der Waals surface area contributed by atoms with E-state index in [4.69, 9.17) is 11.6 Å². The van der Waals surface area contributed by atoms with Gasteiger partial charge in [-0.2, -0.15) is 0 Å². The minimum atomic E-state index is -0.315. The first-order valence-corrected chi connectivity index (χ1v) is 5.85. The molecule has 0 heterocycles. The Morgan fingerprint density at radius 1 is 1.50 bits per heavy atom. The molecule has 0 N–H and O–H groups in total. The van der Waals surface area contributed by atoms with Crippen molar-refractivity contribution in [1.29, 1.82) is 0 Å². The molecule has 1 fully saturated rings. The van der Waals surface area contributed by atoms with Gasteiger partial charge in [0.05, 0.1) is 4.92 Å². The van der Waals surface area contributed by atoms with Crippen LogP contribution >= 0.6 is 11.6 Å². The molecule has 0 spiro atoms. The maximum Gasteiger partial charge on any atom is 0.272 e. The van der Waals surface area contributed by atoms with Crippen LogP contribution in [0.25, 0.3) is 0 Å². The third kappa shape index (κ3) is 2.05. The number of alkyl halides is 1. The Morgan fingerprint density at radius 3 is 2.62 bits per heavy atom. The van der Waals surface area contributed by atoms with Gasteiger partial charge in [-0.1, -0.05) is 18.2 Å². The van der Waals surface area contributed by atoms with E-state index in [1.807, 2.05) is 19.1 Å². The Morgan fingerprint density at radius 2 is 2.12 bits per heavy atom. The molecule has 0 radical (unpaired) electrons. The second-order valence-electron chi connectivity index (χ2n) is 4.54. The topological polar surface area (TPSA) is 43.1 Å². The standard InChI is InChI=1S/C12H14ClNO2/c1-9(13)12(6-7-12)8-10-4-2-3-5-11(10)14(15)16/h2-5,9H,6-8H2,1H3. The summed E-state index contributed by atoms with van der Waals surface area (Å²) in [6.45, 7) is 1.98. The monoisotopic (exact) mass is 239 g/mol. The summed E-state index contributed by atoms with van der Waals surface area (Å²) in [5.41, 5.74) is 1.11. The summed E-state index contributed by atoms with van der Waals surface area (Å²) in [6, 6.07) is 6.93. The van der Waals surface area contributed by atoms with E-state index in [1.54, 1.807) is 12.1 Å². The number of benzene rings is 1. The molecule has 0 amide bonds. The van der Waals surface area contributed by atoms with Gasteiger partial charge in [-0.3, -0.25) is 10.1 Å². The highest BCUT2D eigenvalue weighted by molar-refractivity contribution is 6.21. The first-order chi connectivity index (χ1) is 7.55. The van der Waals surface area contributed by atoms with Crippen LogP contribution in [0.2, 0.25) is 0 Å². The van der Waals surface area contributed by atoms with Crippen LogP contribution in [0.1, 0.15) is 25.3 Å². The number of nitro benzene ring substituents is 1. The zero-order chi connectivity index (χ0) is 11.8. The largest absolute Gasteiger partial charge is 0.272 e. The van der Waals surface area contributed by atoms with Crippen molar-refractivity contribution in [3.05, 3.63) is 39.9 Å². The number of nitrogens with zero attached hydrogens (tertiary/aromatic N) is 1. The van der Waals surface area contributed by atoms with Crippen molar-refractivity contribution in [1.82, 2.24) is 0 Å². The molecule has 86 valence electrons. The number of para-hydroxylation sites is 1. The van der Waals surface area contributed by atoms with E-state index in [1.165, 1.54) is 0 Å². The Balaban J connectivity index is 2.25. The van der Waals surface area contributed by atoms with Crippen LogP contribution < -0.4 is 0 Å². The summed E-state index contributed by atoms with van der Waals surface area (Å²) in [6.07, 6.45) is 2.86. The zero-order valence-corrected chi connectivity index (χ0v) is 9.91. The van der Waals surface area contributed by atoms with Gasteiger partial charge in [0, 0.05) is 17.0 Å². The highest BCUT2D eigenvalue weighted by atomic mass is 35.5. The molecular weight excluding hydrogens is 226 g/mol. The zero-order valence-electron chi connectivity index (χ0n) is 9.15. The lowest BCUT2D eigenvalue weighted by Gasteiger charge is -2.17. The lowest BCUT2D eigenvalue weighted by Crippen LogP contribution is -2.16. The van der Waals surface area contributed by atoms with Crippen LogP contribution in [0, 0.1) is 15.5 Å². The first-order valence-electron chi connectivity index (χ1n) is 5.41. The first kappa shape index (κ1) is 11.4. The van der Waals surface area contributed by atoms with Crippen molar-refractivity contribution in [3.63, 3.8) is 0 Å². The lowest BCUT2D eigenvalue weighted by atomic mass is 9.93. The van der Waals surface area contributed by atoms with Crippen LogP contribution in [-0.2, 0) is 6.42 Å². The molecule has 0 saturated heterocycles. The minimum Gasteiger partial charge on any atom is -0.258 e. The maximum absolute atomic E-state index is 10.9. The average Bonchev–Trinajstić information content (AvgIpc) is 2.99. The normalized spacial score (nSPS) is 19.1. The second-order valence-corrected chi connectivity index (χ2v) is 5.20. The van der Waals surface area contributed by atoms with Gasteiger partial charge in [0.15, 0.2) is 0 Å². The predicted octanol–water partition coefficient (Wildman–Crippen LogP) is 3.54. The fraction of sp³-hybridized carbons (Fsp3) is 0.500. The molecule has 1 aliphatic carbocycles. The number of halogens is 1. The smallest absolute Gasteiger partial charge is 0.258 e. The van der Waals surface area contributed by atoms with Crippen LogP contribution in [0.15, 0.2) is 24.3 Å². The summed E-state index contributed by atoms with van der Waals surface area (Å²) in [5.74, 6) is 0. The molecule has 1 aromatic carbocycles. The van der Waals surface area contributed by atoms with Gasteiger partial charge in [-0.05, 0) is 31.6 Å². The molecule has 0 bridgehead atoms. The SMILES string of the molecule is CC(Cl)C1(Cc2ccccc2[N+](=O)[O-])CC1. The molecule has 1 aromatic rings. The van der Waals surface area contributed by atoms with Crippen LogP contribution in [-0.4, -0.2) is 10.3 Å². The van der Waals surface area contributed by atoms with Gasteiger partial charge < -0.3 is 0 Å². The van der Waals surface area contributed by atoms with Gasteiger partial charge in [-0.25, -0.2) is 0 Å². The van der Waals surface area contributed by atoms with E-state index in [0.717, 1.165) is 24.8 Å². The molecule has 1 atom stereocenters. The predicted molar refractivity (Wildman–Crippen MR) is 63.8 cm³/mol. The van der Waals surface area contributed by atoms with Gasteiger partial charge >= 0.3 is 0 Å². The van der Waals surface area contributed by atoms with Gasteiger partial charge in [-0.15, -0.1) is 11.6 Å². The summed E-state index contributed by atoms with van der Waals surface area (Å²) >= 11 is 6.14. The second kappa shape index (κ2) is 4.06. The fourth-order valence-corrected chi connectivity index (χ4v) is 2.39. The van der Waals surface area contributed by atoms with E-state index < -0.39 is 0 Å². The summed E-state index contributed by atoms with van der Waals surface area (Å²) in [5, 5.41) is 10.9. The Bertz CT molecular complexity index is 413. The van der Waals surface area contributed by atoms with E-state index in [2.05, 4.69) is 0 Å². The van der Waals surface area contributed by atoms with E-state index in [-0.39, 0.29) is 21.4 Å². The average molecular weight is 240 g/mol. The summed E-state index contributed by atoms with van der Waals surface area (Å²) < 4.78 is 0. The quantitative estimate of drug-likeness (QED) is 0.458.